The third-order valence-electron chi connectivity index (χ3n) is 2.70. The number of hydrogen-bond acceptors (Lipinski definition) is 3. The molecule has 0 saturated carbocycles. The molecule has 0 aromatic heterocycles. The Morgan fingerprint density at radius 3 is 2.65 bits per heavy atom. The van der Waals surface area contributed by atoms with Crippen molar-refractivity contribution in [3.8, 4) is 0 Å². The van der Waals surface area contributed by atoms with E-state index < -0.39 is 11.7 Å². The maximum Gasteiger partial charge on any atom is 0.412 e. The van der Waals surface area contributed by atoms with E-state index in [1.807, 2.05) is 45.0 Å². The first kappa shape index (κ1) is 16.5. The number of unbranched alkanes of at least 4 members (excludes halogenated alkanes) is 2. The lowest BCUT2D eigenvalue weighted by Gasteiger charge is -2.19. The van der Waals surface area contributed by atoms with E-state index in [1.54, 1.807) is 0 Å². The van der Waals surface area contributed by atoms with Crippen LogP contribution in [0.25, 0.3) is 0 Å². The molecule has 4 heteroatoms. The highest BCUT2D eigenvalue weighted by molar-refractivity contribution is 5.84. The van der Waals surface area contributed by atoms with E-state index in [0.29, 0.717) is 0 Å². The van der Waals surface area contributed by atoms with E-state index in [4.69, 9.17) is 9.84 Å². The number of ether oxygens (including phenoxy) is 1. The maximum atomic E-state index is 11.7. The van der Waals surface area contributed by atoms with Crippen molar-refractivity contribution in [2.75, 3.05) is 11.9 Å². The highest BCUT2D eigenvalue weighted by Gasteiger charge is 2.16. The summed E-state index contributed by atoms with van der Waals surface area (Å²) in [7, 11) is 0. The first-order valence-electron chi connectivity index (χ1n) is 7.10. The van der Waals surface area contributed by atoms with Gasteiger partial charge in [0.2, 0.25) is 0 Å². The fourth-order valence-electron chi connectivity index (χ4n) is 1.84. The monoisotopic (exact) mass is 279 g/mol. The summed E-state index contributed by atoms with van der Waals surface area (Å²) in [6.07, 6.45) is 3.41. The van der Waals surface area contributed by atoms with Crippen molar-refractivity contribution < 1.29 is 14.6 Å². The number of amides is 1. The topological polar surface area (TPSA) is 58.6 Å². The van der Waals surface area contributed by atoms with Gasteiger partial charge in [0.1, 0.15) is 5.60 Å². The number of rotatable bonds is 6. The van der Waals surface area contributed by atoms with Crippen LogP contribution in [0.15, 0.2) is 24.3 Å². The Balaban J connectivity index is 2.49. The van der Waals surface area contributed by atoms with Crippen LogP contribution in [0.4, 0.5) is 10.5 Å². The molecule has 2 N–H and O–H groups in total. The normalized spacial score (nSPS) is 11.2. The SMILES string of the molecule is CC(C)(C)OC(=O)Nc1cccc(CCCCCO)c1. The number of aliphatic hydroxyl groups is 1. The molecule has 0 fully saturated rings. The molecule has 20 heavy (non-hydrogen) atoms. The zero-order chi connectivity index (χ0) is 15.0. The minimum absolute atomic E-state index is 0.250. The third-order valence-corrected chi connectivity index (χ3v) is 2.70. The van der Waals surface area contributed by atoms with Gasteiger partial charge in [-0.3, -0.25) is 5.32 Å². The van der Waals surface area contributed by atoms with Gasteiger partial charge < -0.3 is 9.84 Å². The molecular weight excluding hydrogens is 254 g/mol. The quantitative estimate of drug-likeness (QED) is 0.780. The third kappa shape index (κ3) is 7.14. The summed E-state index contributed by atoms with van der Waals surface area (Å²) >= 11 is 0. The molecule has 1 aromatic carbocycles. The number of hydrogen-bond donors (Lipinski definition) is 2. The fraction of sp³-hybridized carbons (Fsp3) is 0.562. The lowest BCUT2D eigenvalue weighted by Crippen LogP contribution is -2.27. The van der Waals surface area contributed by atoms with Gasteiger partial charge in [0.05, 0.1) is 0 Å². The van der Waals surface area contributed by atoms with Gasteiger partial charge >= 0.3 is 6.09 Å². The molecule has 0 atom stereocenters. The lowest BCUT2D eigenvalue weighted by molar-refractivity contribution is 0.0636. The molecule has 112 valence electrons. The van der Waals surface area contributed by atoms with Crippen molar-refractivity contribution in [3.63, 3.8) is 0 Å². The summed E-state index contributed by atoms with van der Waals surface area (Å²) in [5.74, 6) is 0. The molecule has 0 spiro atoms. The van der Waals surface area contributed by atoms with Gasteiger partial charge in [-0.1, -0.05) is 18.6 Å². The standard InChI is InChI=1S/C16H25NO3/c1-16(2,3)20-15(19)17-14-10-7-9-13(12-14)8-5-4-6-11-18/h7,9-10,12,18H,4-6,8,11H2,1-3H3,(H,17,19). The summed E-state index contributed by atoms with van der Waals surface area (Å²) in [5.41, 5.74) is 1.43. The summed E-state index contributed by atoms with van der Waals surface area (Å²) < 4.78 is 5.22. The van der Waals surface area contributed by atoms with Gasteiger partial charge in [0.25, 0.3) is 0 Å². The van der Waals surface area contributed by atoms with E-state index in [9.17, 15) is 4.79 Å². The van der Waals surface area contributed by atoms with Crippen LogP contribution in [-0.2, 0) is 11.2 Å². The molecule has 0 radical (unpaired) electrons. The average molecular weight is 279 g/mol. The Kier molecular flexibility index (Phi) is 6.52. The lowest BCUT2D eigenvalue weighted by atomic mass is 10.1. The van der Waals surface area contributed by atoms with Crippen molar-refractivity contribution in [1.29, 1.82) is 0 Å². The molecular formula is C16H25NO3. The van der Waals surface area contributed by atoms with E-state index in [-0.39, 0.29) is 6.61 Å². The van der Waals surface area contributed by atoms with E-state index in [1.165, 1.54) is 5.56 Å². The smallest absolute Gasteiger partial charge is 0.412 e. The van der Waals surface area contributed by atoms with Crippen LogP contribution in [0.3, 0.4) is 0 Å². The van der Waals surface area contributed by atoms with E-state index in [0.717, 1.165) is 31.4 Å². The molecule has 0 aliphatic heterocycles. The summed E-state index contributed by atoms with van der Waals surface area (Å²) in [5, 5.41) is 11.5. The van der Waals surface area contributed by atoms with Crippen LogP contribution in [0.2, 0.25) is 0 Å². The number of benzene rings is 1. The van der Waals surface area contributed by atoms with E-state index >= 15 is 0 Å². The van der Waals surface area contributed by atoms with Crippen molar-refractivity contribution in [3.05, 3.63) is 29.8 Å². The Morgan fingerprint density at radius 2 is 2.00 bits per heavy atom. The molecule has 0 saturated heterocycles. The molecule has 0 heterocycles. The zero-order valence-corrected chi connectivity index (χ0v) is 12.6. The largest absolute Gasteiger partial charge is 0.444 e. The van der Waals surface area contributed by atoms with Gasteiger partial charge in [-0.25, -0.2) is 4.79 Å². The minimum atomic E-state index is -0.494. The second-order valence-electron chi connectivity index (χ2n) is 5.86. The number of aliphatic hydroxyl groups excluding tert-OH is 1. The average Bonchev–Trinajstić information content (AvgIpc) is 2.32. The van der Waals surface area contributed by atoms with Gasteiger partial charge in [0.15, 0.2) is 0 Å². The number of aryl methyl sites for hydroxylation is 1. The molecule has 1 amide bonds. The predicted octanol–water partition coefficient (Wildman–Crippen LogP) is 3.74. The molecule has 0 bridgehead atoms. The number of carbonyl (C=O) groups excluding carboxylic acids is 1. The van der Waals surface area contributed by atoms with Crippen molar-refractivity contribution in [1.82, 2.24) is 0 Å². The fourth-order valence-corrected chi connectivity index (χ4v) is 1.84. The summed E-state index contributed by atoms with van der Waals surface area (Å²) in [6.45, 7) is 5.76. The number of anilines is 1. The van der Waals surface area contributed by atoms with Crippen LogP contribution < -0.4 is 5.32 Å². The Morgan fingerprint density at radius 1 is 1.25 bits per heavy atom. The molecule has 0 unspecified atom stereocenters. The van der Waals surface area contributed by atoms with Crippen molar-refractivity contribution in [2.45, 2.75) is 52.1 Å². The molecule has 0 aliphatic carbocycles. The highest BCUT2D eigenvalue weighted by atomic mass is 16.6. The first-order valence-corrected chi connectivity index (χ1v) is 7.10. The zero-order valence-electron chi connectivity index (χ0n) is 12.6. The van der Waals surface area contributed by atoms with Crippen LogP contribution in [-0.4, -0.2) is 23.4 Å². The number of carbonyl (C=O) groups is 1. The second-order valence-corrected chi connectivity index (χ2v) is 5.86. The molecule has 1 aromatic rings. The van der Waals surface area contributed by atoms with Crippen molar-refractivity contribution >= 4 is 11.8 Å². The van der Waals surface area contributed by atoms with Crippen molar-refractivity contribution in [2.24, 2.45) is 0 Å². The highest BCUT2D eigenvalue weighted by Crippen LogP contribution is 2.15. The van der Waals surface area contributed by atoms with Gasteiger partial charge in [0, 0.05) is 12.3 Å². The molecule has 0 aliphatic rings. The van der Waals surface area contributed by atoms with Gasteiger partial charge in [-0.2, -0.15) is 0 Å². The molecule has 1 rings (SSSR count). The summed E-state index contributed by atoms with van der Waals surface area (Å²) in [4.78, 5) is 11.7. The van der Waals surface area contributed by atoms with Gasteiger partial charge in [-0.05, 0) is 57.7 Å². The molecule has 4 nitrogen and oxygen atoms in total. The Hall–Kier alpha value is -1.55. The van der Waals surface area contributed by atoms with Crippen LogP contribution in [0.5, 0.6) is 0 Å². The van der Waals surface area contributed by atoms with Crippen LogP contribution >= 0.6 is 0 Å². The maximum absolute atomic E-state index is 11.7. The van der Waals surface area contributed by atoms with Crippen LogP contribution in [0.1, 0.15) is 45.6 Å². The minimum Gasteiger partial charge on any atom is -0.444 e. The number of nitrogens with one attached hydrogen (secondary N) is 1. The van der Waals surface area contributed by atoms with Crippen LogP contribution in [0, 0.1) is 0 Å². The summed E-state index contributed by atoms with van der Waals surface area (Å²) in [6, 6.07) is 7.78. The first-order chi connectivity index (χ1) is 9.40. The Bertz CT molecular complexity index is 424. The van der Waals surface area contributed by atoms with Gasteiger partial charge in [-0.15, -0.1) is 0 Å². The Labute approximate surface area is 121 Å². The van der Waals surface area contributed by atoms with E-state index in [2.05, 4.69) is 5.32 Å². The predicted molar refractivity (Wildman–Crippen MR) is 80.9 cm³/mol. The second kappa shape index (κ2) is 7.90.